The summed E-state index contributed by atoms with van der Waals surface area (Å²) in [6, 6.07) is 8.38. The Kier molecular flexibility index (Phi) is 2.64. The Labute approximate surface area is 92.4 Å². The maximum Gasteiger partial charge on any atom is 0.337 e. The molecule has 0 amide bonds. The Bertz CT molecular complexity index is 499. The van der Waals surface area contributed by atoms with Gasteiger partial charge in [0.15, 0.2) is 0 Å². The van der Waals surface area contributed by atoms with E-state index in [1.165, 1.54) is 0 Å². The predicted molar refractivity (Wildman–Crippen MR) is 58.6 cm³/mol. The van der Waals surface area contributed by atoms with E-state index >= 15 is 0 Å². The highest BCUT2D eigenvalue weighted by atomic mass is 16.4. The van der Waals surface area contributed by atoms with Crippen LogP contribution in [0.5, 0.6) is 5.75 Å². The summed E-state index contributed by atoms with van der Waals surface area (Å²) in [5.41, 5.74) is 1.28. The molecule has 0 bridgehead atoms. The van der Waals surface area contributed by atoms with Gasteiger partial charge in [0, 0.05) is 18.9 Å². The van der Waals surface area contributed by atoms with Crippen molar-refractivity contribution in [2.45, 2.75) is 6.54 Å². The number of aromatic carboxylic acids is 1. The molecule has 0 fully saturated rings. The quantitative estimate of drug-likeness (QED) is 0.825. The Balaban J connectivity index is 2.14. The van der Waals surface area contributed by atoms with Crippen LogP contribution in [-0.2, 0) is 6.54 Å². The molecule has 2 aromatic rings. The zero-order valence-electron chi connectivity index (χ0n) is 8.50. The van der Waals surface area contributed by atoms with Crippen LogP contribution in [0.15, 0.2) is 42.7 Å². The van der Waals surface area contributed by atoms with Gasteiger partial charge < -0.3 is 14.8 Å². The number of aromatic hydroxyl groups is 1. The van der Waals surface area contributed by atoms with E-state index in [4.69, 9.17) is 10.2 Å². The number of nitrogens with zero attached hydrogens (tertiary/aromatic N) is 1. The number of hydrogen-bond donors (Lipinski definition) is 2. The van der Waals surface area contributed by atoms with E-state index in [1.807, 2.05) is 0 Å². The third-order valence-corrected chi connectivity index (χ3v) is 2.30. The van der Waals surface area contributed by atoms with Gasteiger partial charge in [-0.3, -0.25) is 0 Å². The zero-order chi connectivity index (χ0) is 11.5. The van der Waals surface area contributed by atoms with Crippen LogP contribution in [0.3, 0.4) is 0 Å². The van der Waals surface area contributed by atoms with E-state index in [9.17, 15) is 4.79 Å². The smallest absolute Gasteiger partial charge is 0.337 e. The SMILES string of the molecule is O=C(O)c1ccn(Cc2ccc(O)cc2)c1. The van der Waals surface area contributed by atoms with Gasteiger partial charge in [-0.05, 0) is 23.8 Å². The lowest BCUT2D eigenvalue weighted by Gasteiger charge is -2.02. The monoisotopic (exact) mass is 217 g/mol. The first-order valence-electron chi connectivity index (χ1n) is 4.82. The minimum absolute atomic E-state index is 0.225. The van der Waals surface area contributed by atoms with Crippen molar-refractivity contribution in [3.05, 3.63) is 53.9 Å². The van der Waals surface area contributed by atoms with Gasteiger partial charge in [0.05, 0.1) is 5.56 Å². The fourth-order valence-corrected chi connectivity index (χ4v) is 1.48. The van der Waals surface area contributed by atoms with E-state index in [0.29, 0.717) is 6.54 Å². The van der Waals surface area contributed by atoms with Gasteiger partial charge in [-0.25, -0.2) is 4.79 Å². The first-order chi connectivity index (χ1) is 7.65. The maximum absolute atomic E-state index is 10.7. The van der Waals surface area contributed by atoms with E-state index in [0.717, 1.165) is 5.56 Å². The minimum atomic E-state index is -0.926. The fourth-order valence-electron chi connectivity index (χ4n) is 1.48. The second kappa shape index (κ2) is 4.10. The molecule has 4 nitrogen and oxygen atoms in total. The lowest BCUT2D eigenvalue weighted by molar-refractivity contribution is 0.0697. The summed E-state index contributed by atoms with van der Waals surface area (Å²) in [5.74, 6) is -0.702. The Morgan fingerprint density at radius 2 is 1.88 bits per heavy atom. The van der Waals surface area contributed by atoms with Crippen molar-refractivity contribution in [1.82, 2.24) is 4.57 Å². The number of rotatable bonds is 3. The topological polar surface area (TPSA) is 62.5 Å². The van der Waals surface area contributed by atoms with Crippen LogP contribution in [0.4, 0.5) is 0 Å². The molecule has 2 N–H and O–H groups in total. The number of phenolic OH excluding ortho intramolecular Hbond substituents is 1. The number of carboxylic acids is 1. The summed E-state index contributed by atoms with van der Waals surface area (Å²) < 4.78 is 1.79. The Hall–Kier alpha value is -2.23. The molecule has 0 unspecified atom stereocenters. The van der Waals surface area contributed by atoms with Crippen molar-refractivity contribution >= 4 is 5.97 Å². The largest absolute Gasteiger partial charge is 0.508 e. The van der Waals surface area contributed by atoms with E-state index < -0.39 is 5.97 Å². The van der Waals surface area contributed by atoms with Crippen LogP contribution < -0.4 is 0 Å². The minimum Gasteiger partial charge on any atom is -0.508 e. The van der Waals surface area contributed by atoms with E-state index in [-0.39, 0.29) is 11.3 Å². The molecule has 0 radical (unpaired) electrons. The van der Waals surface area contributed by atoms with Gasteiger partial charge >= 0.3 is 5.97 Å². The van der Waals surface area contributed by atoms with Crippen molar-refractivity contribution in [1.29, 1.82) is 0 Å². The molecule has 0 saturated heterocycles. The molecular formula is C12H11NO3. The Morgan fingerprint density at radius 1 is 1.19 bits per heavy atom. The van der Waals surface area contributed by atoms with Gasteiger partial charge in [-0.1, -0.05) is 12.1 Å². The molecule has 1 heterocycles. The van der Waals surface area contributed by atoms with Crippen molar-refractivity contribution in [3.63, 3.8) is 0 Å². The maximum atomic E-state index is 10.7. The summed E-state index contributed by atoms with van der Waals surface area (Å²) in [7, 11) is 0. The molecular weight excluding hydrogens is 206 g/mol. The van der Waals surface area contributed by atoms with Crippen LogP contribution in [-0.4, -0.2) is 20.7 Å². The molecule has 0 aliphatic heterocycles. The molecule has 1 aromatic heterocycles. The van der Waals surface area contributed by atoms with Crippen LogP contribution in [0, 0.1) is 0 Å². The molecule has 0 spiro atoms. The first-order valence-corrected chi connectivity index (χ1v) is 4.82. The van der Waals surface area contributed by atoms with Crippen molar-refractivity contribution < 1.29 is 15.0 Å². The van der Waals surface area contributed by atoms with Crippen molar-refractivity contribution in [2.75, 3.05) is 0 Å². The standard InChI is InChI=1S/C12H11NO3/c14-11-3-1-9(2-4-11)7-13-6-5-10(8-13)12(15)16/h1-6,8,14H,7H2,(H,15,16). The van der Waals surface area contributed by atoms with Gasteiger partial charge in [-0.2, -0.15) is 0 Å². The second-order valence-corrected chi connectivity index (χ2v) is 3.54. The summed E-state index contributed by atoms with van der Waals surface area (Å²) in [4.78, 5) is 10.7. The van der Waals surface area contributed by atoms with Crippen LogP contribution in [0.1, 0.15) is 15.9 Å². The number of carboxylic acid groups (broad SMARTS) is 1. The highest BCUT2D eigenvalue weighted by Crippen LogP contribution is 2.11. The number of carbonyl (C=O) groups is 1. The molecule has 16 heavy (non-hydrogen) atoms. The fraction of sp³-hybridized carbons (Fsp3) is 0.0833. The highest BCUT2D eigenvalue weighted by molar-refractivity contribution is 5.87. The van der Waals surface area contributed by atoms with Crippen LogP contribution in [0.2, 0.25) is 0 Å². The summed E-state index contributed by atoms with van der Waals surface area (Å²) in [5, 5.41) is 17.9. The predicted octanol–water partition coefficient (Wildman–Crippen LogP) is 1.94. The summed E-state index contributed by atoms with van der Waals surface area (Å²) >= 11 is 0. The first kappa shape index (κ1) is 10.3. The Morgan fingerprint density at radius 3 is 2.44 bits per heavy atom. The summed E-state index contributed by atoms with van der Waals surface area (Å²) in [6.45, 7) is 0.591. The molecule has 4 heteroatoms. The van der Waals surface area contributed by atoms with Crippen LogP contribution >= 0.6 is 0 Å². The van der Waals surface area contributed by atoms with E-state index in [1.54, 1.807) is 47.3 Å². The van der Waals surface area contributed by atoms with Gasteiger partial charge in [-0.15, -0.1) is 0 Å². The number of phenols is 1. The second-order valence-electron chi connectivity index (χ2n) is 3.54. The van der Waals surface area contributed by atoms with Crippen LogP contribution in [0.25, 0.3) is 0 Å². The number of aromatic nitrogens is 1. The molecule has 1 aromatic carbocycles. The lowest BCUT2D eigenvalue weighted by Crippen LogP contribution is -1.97. The summed E-state index contributed by atoms with van der Waals surface area (Å²) in [6.07, 6.45) is 3.30. The lowest BCUT2D eigenvalue weighted by atomic mass is 10.2. The molecule has 0 saturated carbocycles. The number of benzene rings is 1. The molecule has 0 atom stereocenters. The highest BCUT2D eigenvalue weighted by Gasteiger charge is 2.04. The molecule has 0 aliphatic carbocycles. The molecule has 2 rings (SSSR count). The van der Waals surface area contributed by atoms with Crippen molar-refractivity contribution in [3.8, 4) is 5.75 Å². The zero-order valence-corrected chi connectivity index (χ0v) is 8.50. The van der Waals surface area contributed by atoms with Gasteiger partial charge in [0.1, 0.15) is 5.75 Å². The van der Waals surface area contributed by atoms with Gasteiger partial charge in [0.2, 0.25) is 0 Å². The average molecular weight is 217 g/mol. The number of hydrogen-bond acceptors (Lipinski definition) is 2. The van der Waals surface area contributed by atoms with E-state index in [2.05, 4.69) is 0 Å². The third kappa shape index (κ3) is 2.23. The normalized spacial score (nSPS) is 10.2. The van der Waals surface area contributed by atoms with Gasteiger partial charge in [0.25, 0.3) is 0 Å². The van der Waals surface area contributed by atoms with Crippen molar-refractivity contribution in [2.24, 2.45) is 0 Å². The molecule has 82 valence electrons. The third-order valence-electron chi connectivity index (χ3n) is 2.30. The molecule has 0 aliphatic rings. The average Bonchev–Trinajstić information content (AvgIpc) is 2.70.